The van der Waals surface area contributed by atoms with Crippen molar-refractivity contribution in [2.75, 3.05) is 19.6 Å². The zero-order chi connectivity index (χ0) is 13.5. The average molecular weight is 271 g/mol. The van der Waals surface area contributed by atoms with Gasteiger partial charge in [0.25, 0.3) is 5.91 Å². The molecule has 2 aromatic rings. The first kappa shape index (κ1) is 11.8. The summed E-state index contributed by atoms with van der Waals surface area (Å²) in [6.07, 6.45) is 5.61. The molecule has 2 N–H and O–H groups in total. The maximum absolute atomic E-state index is 12.3. The van der Waals surface area contributed by atoms with Crippen molar-refractivity contribution in [1.82, 2.24) is 25.2 Å². The fraction of sp³-hybridized carbons (Fsp3) is 0.500. The van der Waals surface area contributed by atoms with Crippen LogP contribution in [0.25, 0.3) is 11.0 Å². The van der Waals surface area contributed by atoms with Crippen molar-refractivity contribution in [3.05, 3.63) is 24.3 Å². The van der Waals surface area contributed by atoms with Gasteiger partial charge < -0.3 is 15.2 Å². The van der Waals surface area contributed by atoms with E-state index in [9.17, 15) is 4.79 Å². The van der Waals surface area contributed by atoms with E-state index in [-0.39, 0.29) is 11.9 Å². The summed E-state index contributed by atoms with van der Waals surface area (Å²) in [4.78, 5) is 26.0. The number of H-pyrrole nitrogens is 1. The Morgan fingerprint density at radius 1 is 1.40 bits per heavy atom. The molecule has 1 unspecified atom stereocenters. The molecular formula is C14H17N5O. The second kappa shape index (κ2) is 4.56. The van der Waals surface area contributed by atoms with Gasteiger partial charge in [-0.1, -0.05) is 0 Å². The van der Waals surface area contributed by atoms with E-state index in [0.29, 0.717) is 5.69 Å². The van der Waals surface area contributed by atoms with E-state index in [1.807, 2.05) is 0 Å². The van der Waals surface area contributed by atoms with Gasteiger partial charge in [-0.2, -0.15) is 0 Å². The molecule has 4 rings (SSSR count). The van der Waals surface area contributed by atoms with Crippen molar-refractivity contribution in [3.8, 4) is 0 Å². The second-order valence-corrected chi connectivity index (χ2v) is 5.81. The molecule has 2 aliphatic heterocycles. The molecule has 0 spiro atoms. The van der Waals surface area contributed by atoms with Gasteiger partial charge in [0.15, 0.2) is 0 Å². The number of hydrogen-bond acceptors (Lipinski definition) is 4. The summed E-state index contributed by atoms with van der Waals surface area (Å²) in [5.41, 5.74) is 2.08. The van der Waals surface area contributed by atoms with Crippen LogP contribution in [-0.2, 0) is 0 Å². The molecule has 1 amide bonds. The van der Waals surface area contributed by atoms with Gasteiger partial charge >= 0.3 is 0 Å². The SMILES string of the molecule is O=C(N[C@@H]1C[C@@H]2CCN(C2)C1)c1cc2[nH]cnc2cn1. The van der Waals surface area contributed by atoms with Crippen LogP contribution in [0.5, 0.6) is 0 Å². The number of nitrogens with one attached hydrogen (secondary N) is 2. The highest BCUT2D eigenvalue weighted by atomic mass is 16.1. The highest BCUT2D eigenvalue weighted by Crippen LogP contribution is 2.26. The van der Waals surface area contributed by atoms with E-state index in [0.717, 1.165) is 29.9 Å². The van der Waals surface area contributed by atoms with Crippen LogP contribution in [0.15, 0.2) is 18.6 Å². The molecular weight excluding hydrogens is 254 g/mol. The third-order valence-corrected chi connectivity index (χ3v) is 4.34. The number of aromatic nitrogens is 3. The number of amides is 1. The van der Waals surface area contributed by atoms with Crippen molar-refractivity contribution in [3.63, 3.8) is 0 Å². The molecule has 20 heavy (non-hydrogen) atoms. The molecule has 2 fully saturated rings. The quantitative estimate of drug-likeness (QED) is 0.846. The van der Waals surface area contributed by atoms with E-state index >= 15 is 0 Å². The zero-order valence-corrected chi connectivity index (χ0v) is 11.2. The van der Waals surface area contributed by atoms with E-state index in [1.54, 1.807) is 18.6 Å². The predicted molar refractivity (Wildman–Crippen MR) is 74.3 cm³/mol. The maximum Gasteiger partial charge on any atom is 0.270 e. The zero-order valence-electron chi connectivity index (χ0n) is 11.2. The number of carbonyl (C=O) groups excluding carboxylic acids is 1. The second-order valence-electron chi connectivity index (χ2n) is 5.81. The number of fused-ring (bicyclic) bond motifs is 3. The molecule has 0 aliphatic carbocycles. The van der Waals surface area contributed by atoms with Gasteiger partial charge in [-0.3, -0.25) is 4.79 Å². The Balaban J connectivity index is 1.49. The Morgan fingerprint density at radius 2 is 2.35 bits per heavy atom. The molecule has 104 valence electrons. The Bertz CT molecular complexity index is 640. The minimum Gasteiger partial charge on any atom is -0.347 e. The molecule has 0 radical (unpaired) electrons. The summed E-state index contributed by atoms with van der Waals surface area (Å²) in [7, 11) is 0. The van der Waals surface area contributed by atoms with Crippen LogP contribution in [0.4, 0.5) is 0 Å². The first-order chi connectivity index (χ1) is 9.78. The number of nitrogens with zero attached hydrogens (tertiary/aromatic N) is 3. The van der Waals surface area contributed by atoms with Crippen LogP contribution < -0.4 is 5.32 Å². The lowest BCUT2D eigenvalue weighted by Gasteiger charge is -2.30. The summed E-state index contributed by atoms with van der Waals surface area (Å²) < 4.78 is 0. The Hall–Kier alpha value is -1.95. The number of hydrogen-bond donors (Lipinski definition) is 2. The normalized spacial score (nSPS) is 28.7. The van der Waals surface area contributed by atoms with E-state index in [2.05, 4.69) is 25.2 Å². The molecule has 2 saturated heterocycles. The van der Waals surface area contributed by atoms with Gasteiger partial charge in [-0.15, -0.1) is 0 Å². The molecule has 2 bridgehead atoms. The number of aromatic amines is 1. The van der Waals surface area contributed by atoms with Crippen LogP contribution >= 0.6 is 0 Å². The van der Waals surface area contributed by atoms with E-state index in [1.165, 1.54) is 19.5 Å². The van der Waals surface area contributed by atoms with Crippen molar-refractivity contribution < 1.29 is 4.79 Å². The maximum atomic E-state index is 12.3. The van der Waals surface area contributed by atoms with E-state index in [4.69, 9.17) is 0 Å². The topological polar surface area (TPSA) is 73.9 Å². The smallest absolute Gasteiger partial charge is 0.270 e. The summed E-state index contributed by atoms with van der Waals surface area (Å²) in [6, 6.07) is 2.01. The number of imidazole rings is 1. The van der Waals surface area contributed by atoms with Crippen LogP contribution in [0.2, 0.25) is 0 Å². The Labute approximate surface area is 116 Å². The lowest BCUT2D eigenvalue weighted by Crippen LogP contribution is -2.47. The number of pyridine rings is 1. The Morgan fingerprint density at radius 3 is 3.25 bits per heavy atom. The average Bonchev–Trinajstić information content (AvgIpc) is 3.04. The third-order valence-electron chi connectivity index (χ3n) is 4.34. The molecule has 3 atom stereocenters. The fourth-order valence-electron chi connectivity index (χ4n) is 3.39. The fourth-order valence-corrected chi connectivity index (χ4v) is 3.39. The monoisotopic (exact) mass is 271 g/mol. The molecule has 0 aromatic carbocycles. The van der Waals surface area contributed by atoms with Crippen LogP contribution in [0.1, 0.15) is 23.3 Å². The minimum absolute atomic E-state index is 0.0889. The number of carbonyl (C=O) groups is 1. The molecule has 4 heterocycles. The van der Waals surface area contributed by atoms with Gasteiger partial charge in [0, 0.05) is 19.1 Å². The van der Waals surface area contributed by atoms with Crippen LogP contribution in [0, 0.1) is 5.92 Å². The molecule has 6 nitrogen and oxygen atoms in total. The van der Waals surface area contributed by atoms with E-state index < -0.39 is 0 Å². The molecule has 6 heteroatoms. The summed E-state index contributed by atoms with van der Waals surface area (Å²) >= 11 is 0. The number of rotatable bonds is 2. The van der Waals surface area contributed by atoms with Gasteiger partial charge in [-0.25, -0.2) is 9.97 Å². The van der Waals surface area contributed by atoms with Gasteiger partial charge in [0.05, 0.1) is 18.0 Å². The predicted octanol–water partition coefficient (Wildman–Crippen LogP) is 0.782. The lowest BCUT2D eigenvalue weighted by molar-refractivity contribution is 0.0904. The highest BCUT2D eigenvalue weighted by molar-refractivity contribution is 5.95. The molecule has 0 saturated carbocycles. The van der Waals surface area contributed by atoms with Crippen molar-refractivity contribution in [2.45, 2.75) is 18.9 Å². The minimum atomic E-state index is -0.0889. The lowest BCUT2D eigenvalue weighted by atomic mass is 9.97. The van der Waals surface area contributed by atoms with Crippen molar-refractivity contribution in [2.24, 2.45) is 5.92 Å². The Kier molecular flexibility index (Phi) is 2.70. The largest absolute Gasteiger partial charge is 0.347 e. The third kappa shape index (κ3) is 2.06. The molecule has 2 aliphatic rings. The van der Waals surface area contributed by atoms with Crippen LogP contribution in [0.3, 0.4) is 0 Å². The number of piperidine rings is 1. The first-order valence-electron chi connectivity index (χ1n) is 7.10. The van der Waals surface area contributed by atoms with Crippen LogP contribution in [-0.4, -0.2) is 51.4 Å². The summed E-state index contributed by atoms with van der Waals surface area (Å²) in [5.74, 6) is 0.658. The van der Waals surface area contributed by atoms with Crippen molar-refractivity contribution in [1.29, 1.82) is 0 Å². The van der Waals surface area contributed by atoms with Gasteiger partial charge in [0.1, 0.15) is 11.2 Å². The standard InChI is InChI=1S/C14H17N5O/c20-14(12-4-11-13(5-15-12)17-8-16-11)18-10-3-9-1-2-19(6-9)7-10/h4-5,8-10H,1-3,6-7H2,(H,16,17)(H,18,20)/t9-,10+/m0/s1. The molecule has 2 aromatic heterocycles. The summed E-state index contributed by atoms with van der Waals surface area (Å²) in [6.45, 7) is 3.34. The summed E-state index contributed by atoms with van der Waals surface area (Å²) in [5, 5.41) is 3.12. The first-order valence-corrected chi connectivity index (χ1v) is 7.10. The van der Waals surface area contributed by atoms with Gasteiger partial charge in [0.2, 0.25) is 0 Å². The van der Waals surface area contributed by atoms with Gasteiger partial charge in [-0.05, 0) is 31.4 Å². The highest BCUT2D eigenvalue weighted by Gasteiger charge is 2.33. The van der Waals surface area contributed by atoms with Crippen molar-refractivity contribution >= 4 is 16.9 Å².